The zero-order chi connectivity index (χ0) is 22.7. The molecule has 6 heteroatoms. The van der Waals surface area contributed by atoms with Gasteiger partial charge in [-0.3, -0.25) is 9.59 Å². The van der Waals surface area contributed by atoms with Gasteiger partial charge in [-0.25, -0.2) is 4.98 Å². The number of cyclic esters (lactones) is 1. The van der Waals surface area contributed by atoms with Crippen LogP contribution in [0, 0.1) is 0 Å². The van der Waals surface area contributed by atoms with Crippen molar-refractivity contribution in [3.05, 3.63) is 62.4 Å². The van der Waals surface area contributed by atoms with Gasteiger partial charge in [-0.15, -0.1) is 0 Å². The molecule has 1 atom stereocenters. The Morgan fingerprint density at radius 3 is 2.69 bits per heavy atom. The quantitative estimate of drug-likeness (QED) is 0.454. The van der Waals surface area contributed by atoms with Crippen molar-refractivity contribution in [1.82, 2.24) is 14.5 Å². The Labute approximate surface area is 187 Å². The second-order valence-corrected chi connectivity index (χ2v) is 9.51. The summed E-state index contributed by atoms with van der Waals surface area (Å²) in [7, 11) is 4.16. The van der Waals surface area contributed by atoms with Gasteiger partial charge in [0.15, 0.2) is 0 Å². The first-order valence-electron chi connectivity index (χ1n) is 11.3. The zero-order valence-corrected chi connectivity index (χ0v) is 19.4. The van der Waals surface area contributed by atoms with E-state index in [1.165, 1.54) is 11.1 Å². The van der Waals surface area contributed by atoms with Gasteiger partial charge in [0, 0.05) is 17.5 Å². The van der Waals surface area contributed by atoms with Gasteiger partial charge in [-0.1, -0.05) is 26.8 Å². The van der Waals surface area contributed by atoms with Crippen LogP contribution in [-0.2, 0) is 29.2 Å². The van der Waals surface area contributed by atoms with E-state index in [0.717, 1.165) is 40.0 Å². The lowest BCUT2D eigenvalue weighted by Gasteiger charge is -2.24. The number of carbonyl (C=O) groups excluding carboxylic acids is 1. The maximum atomic E-state index is 13.3. The molecular weight excluding hydrogens is 402 g/mol. The van der Waals surface area contributed by atoms with Gasteiger partial charge in [0.25, 0.3) is 5.56 Å². The Morgan fingerprint density at radius 1 is 1.22 bits per heavy atom. The minimum absolute atomic E-state index is 0.0558. The number of rotatable bonds is 4. The highest BCUT2D eigenvalue weighted by atomic mass is 16.5. The van der Waals surface area contributed by atoms with Crippen LogP contribution < -0.4 is 5.56 Å². The Balaban J connectivity index is 1.73. The number of fused-ring (bicyclic) bond motifs is 5. The SMILES string of the molecule is CCC1C(=O)OCc2c1cc1n(c2=O)Cc2cc3c(CN(C)C)c(C(C)C)ccc3nc2-1. The van der Waals surface area contributed by atoms with Crippen LogP contribution in [0.15, 0.2) is 29.1 Å². The Morgan fingerprint density at radius 2 is 2.00 bits per heavy atom. The number of hydrogen-bond acceptors (Lipinski definition) is 5. The first-order chi connectivity index (χ1) is 15.3. The lowest BCUT2D eigenvalue weighted by molar-refractivity contribution is -0.148. The van der Waals surface area contributed by atoms with Crippen LogP contribution in [0.5, 0.6) is 0 Å². The third-order valence-electron chi connectivity index (χ3n) is 6.75. The first-order valence-corrected chi connectivity index (χ1v) is 11.3. The normalized spacial score (nSPS) is 17.0. The van der Waals surface area contributed by atoms with Gasteiger partial charge >= 0.3 is 5.97 Å². The molecule has 0 amide bonds. The summed E-state index contributed by atoms with van der Waals surface area (Å²) in [6.07, 6.45) is 0.610. The van der Waals surface area contributed by atoms with Crippen LogP contribution in [0.3, 0.4) is 0 Å². The van der Waals surface area contributed by atoms with Gasteiger partial charge < -0.3 is 14.2 Å². The third-order valence-corrected chi connectivity index (χ3v) is 6.75. The molecule has 0 saturated carbocycles. The van der Waals surface area contributed by atoms with Crippen molar-refractivity contribution < 1.29 is 9.53 Å². The second-order valence-electron chi connectivity index (χ2n) is 9.51. The fourth-order valence-electron chi connectivity index (χ4n) is 5.18. The Kier molecular flexibility index (Phi) is 4.93. The average molecular weight is 432 g/mol. The monoisotopic (exact) mass is 431 g/mol. The number of carbonyl (C=O) groups is 1. The van der Waals surface area contributed by atoms with Crippen LogP contribution in [0.25, 0.3) is 22.3 Å². The largest absolute Gasteiger partial charge is 0.460 e. The minimum Gasteiger partial charge on any atom is -0.460 e. The highest BCUT2D eigenvalue weighted by Gasteiger charge is 2.34. The Hall–Kier alpha value is -2.99. The summed E-state index contributed by atoms with van der Waals surface area (Å²) in [5.41, 5.74) is 7.62. The fourth-order valence-corrected chi connectivity index (χ4v) is 5.18. The van der Waals surface area contributed by atoms with Crippen LogP contribution >= 0.6 is 0 Å². The molecule has 5 rings (SSSR count). The van der Waals surface area contributed by atoms with Crippen molar-refractivity contribution in [3.8, 4) is 11.4 Å². The fraction of sp³-hybridized carbons (Fsp3) is 0.423. The van der Waals surface area contributed by atoms with Crippen molar-refractivity contribution in [3.63, 3.8) is 0 Å². The molecule has 0 N–H and O–H groups in total. The van der Waals surface area contributed by atoms with E-state index in [9.17, 15) is 9.59 Å². The third kappa shape index (κ3) is 3.08. The van der Waals surface area contributed by atoms with E-state index in [0.29, 0.717) is 24.4 Å². The summed E-state index contributed by atoms with van der Waals surface area (Å²) >= 11 is 0. The van der Waals surface area contributed by atoms with E-state index < -0.39 is 0 Å². The lowest BCUT2D eigenvalue weighted by atomic mass is 9.90. The van der Waals surface area contributed by atoms with Crippen molar-refractivity contribution >= 4 is 16.9 Å². The second kappa shape index (κ2) is 7.55. The number of esters is 1. The maximum Gasteiger partial charge on any atom is 0.313 e. The molecule has 1 aromatic carbocycles. The highest BCUT2D eigenvalue weighted by Crippen LogP contribution is 2.38. The number of nitrogens with zero attached hydrogens (tertiary/aromatic N) is 3. The summed E-state index contributed by atoms with van der Waals surface area (Å²) in [5, 5.41) is 1.15. The standard InChI is InChI=1S/C26H29N3O3/c1-6-16-18-10-23-24-15(11-29(23)25(30)21(18)13-32-26(16)31)9-19-20(12-28(4)5)17(14(2)3)7-8-22(19)27-24/h7-10,14,16H,6,11-13H2,1-5H3. The predicted octanol–water partition coefficient (Wildman–Crippen LogP) is 4.16. The lowest BCUT2D eigenvalue weighted by Crippen LogP contribution is -2.32. The molecule has 2 aliphatic heterocycles. The topological polar surface area (TPSA) is 64.4 Å². The van der Waals surface area contributed by atoms with E-state index in [2.05, 4.69) is 51.0 Å². The van der Waals surface area contributed by atoms with E-state index >= 15 is 0 Å². The molecule has 0 radical (unpaired) electrons. The van der Waals surface area contributed by atoms with Crippen molar-refractivity contribution in [2.24, 2.45) is 0 Å². The van der Waals surface area contributed by atoms with E-state index in [-0.39, 0.29) is 24.1 Å². The number of aromatic nitrogens is 2. The van der Waals surface area contributed by atoms with E-state index in [1.807, 2.05) is 13.0 Å². The highest BCUT2D eigenvalue weighted by molar-refractivity contribution is 5.88. The summed E-state index contributed by atoms with van der Waals surface area (Å²) in [6, 6.07) is 8.49. The molecule has 0 saturated heterocycles. The van der Waals surface area contributed by atoms with Gasteiger partial charge in [0.05, 0.1) is 34.9 Å². The van der Waals surface area contributed by atoms with Crippen molar-refractivity contribution in [2.45, 2.75) is 58.7 Å². The first kappa shape index (κ1) is 20.9. The molecule has 4 heterocycles. The molecule has 2 aromatic heterocycles. The van der Waals surface area contributed by atoms with E-state index in [4.69, 9.17) is 9.72 Å². The molecule has 2 aliphatic rings. The molecule has 0 fully saturated rings. The molecule has 32 heavy (non-hydrogen) atoms. The summed E-state index contributed by atoms with van der Waals surface area (Å²) in [4.78, 5) is 32.8. The molecule has 3 aromatic rings. The molecule has 1 unspecified atom stereocenters. The van der Waals surface area contributed by atoms with Crippen LogP contribution in [0.4, 0.5) is 0 Å². The van der Waals surface area contributed by atoms with Crippen molar-refractivity contribution in [2.75, 3.05) is 14.1 Å². The number of benzene rings is 1. The predicted molar refractivity (Wildman–Crippen MR) is 125 cm³/mol. The summed E-state index contributed by atoms with van der Waals surface area (Å²) in [5.74, 6) is -0.219. The van der Waals surface area contributed by atoms with Gasteiger partial charge in [0.1, 0.15) is 6.61 Å². The van der Waals surface area contributed by atoms with E-state index in [1.54, 1.807) is 4.57 Å². The van der Waals surface area contributed by atoms with Gasteiger partial charge in [-0.2, -0.15) is 0 Å². The smallest absolute Gasteiger partial charge is 0.313 e. The van der Waals surface area contributed by atoms with Gasteiger partial charge in [0.2, 0.25) is 0 Å². The van der Waals surface area contributed by atoms with Gasteiger partial charge in [-0.05, 0) is 61.3 Å². The van der Waals surface area contributed by atoms with Crippen LogP contribution in [-0.4, -0.2) is 34.5 Å². The molecule has 6 nitrogen and oxygen atoms in total. The molecule has 0 aliphatic carbocycles. The summed E-state index contributed by atoms with van der Waals surface area (Å²) < 4.78 is 7.09. The molecule has 0 spiro atoms. The zero-order valence-electron chi connectivity index (χ0n) is 19.4. The molecule has 166 valence electrons. The number of pyridine rings is 2. The average Bonchev–Trinajstić information content (AvgIpc) is 3.10. The molecular formula is C26H29N3O3. The van der Waals surface area contributed by atoms with Crippen molar-refractivity contribution in [1.29, 1.82) is 0 Å². The maximum absolute atomic E-state index is 13.3. The van der Waals surface area contributed by atoms with Crippen LogP contribution in [0.2, 0.25) is 0 Å². The summed E-state index contributed by atoms with van der Waals surface area (Å²) in [6.45, 7) is 7.77. The van der Waals surface area contributed by atoms with Crippen LogP contribution in [0.1, 0.15) is 66.8 Å². The Bertz CT molecular complexity index is 1320. The number of hydrogen-bond donors (Lipinski definition) is 0. The number of ether oxygens (including phenoxy) is 1. The minimum atomic E-state index is -0.387. The molecule has 0 bridgehead atoms.